The van der Waals surface area contributed by atoms with Crippen LogP contribution < -0.4 is 0 Å². The van der Waals surface area contributed by atoms with Gasteiger partial charge in [-0.3, -0.25) is 4.79 Å². The van der Waals surface area contributed by atoms with Gasteiger partial charge in [0.2, 0.25) is 0 Å². The lowest BCUT2D eigenvalue weighted by Crippen LogP contribution is -2.19. The number of carboxylic acid groups (broad SMARTS) is 1. The maximum atomic E-state index is 11.8. The number of hydrogen-bond acceptors (Lipinski definition) is 4. The number of furan rings is 1. The van der Waals surface area contributed by atoms with Crippen LogP contribution >= 0.6 is 0 Å². The molecule has 4 rings (SSSR count). The molecule has 0 saturated heterocycles. The number of nitrogens with zero attached hydrogens (tertiary/aromatic N) is 1. The summed E-state index contributed by atoms with van der Waals surface area (Å²) in [5, 5.41) is 24.6. The summed E-state index contributed by atoms with van der Waals surface area (Å²) in [7, 11) is 0. The molecule has 0 amide bonds. The van der Waals surface area contributed by atoms with Crippen LogP contribution in [0.1, 0.15) is 24.0 Å². The molecule has 1 unspecified atom stereocenters. The van der Waals surface area contributed by atoms with Crippen LogP contribution in [0.25, 0.3) is 21.9 Å². The number of aliphatic carboxylic acids is 1. The summed E-state index contributed by atoms with van der Waals surface area (Å²) in [4.78, 5) is 11.8. The van der Waals surface area contributed by atoms with Gasteiger partial charge >= 0.3 is 5.97 Å². The average molecular weight is 387 g/mol. The van der Waals surface area contributed by atoms with Crippen molar-refractivity contribution >= 4 is 33.6 Å². The Bertz CT molecular complexity index is 1180. The standard InChI is InChI=1S/C24H21NO4/c26-24(27)18(11-10-16-6-2-1-3-7-16)15-21(25-28)17-12-13-23-20(14-17)19-8-4-5-9-22(19)29-23/h1-9,12-14,18,28H,10-11,15H2,(H,26,27)/b25-21+. The van der Waals surface area contributed by atoms with E-state index < -0.39 is 11.9 Å². The molecule has 1 heterocycles. The smallest absolute Gasteiger partial charge is 0.306 e. The summed E-state index contributed by atoms with van der Waals surface area (Å²) < 4.78 is 5.83. The largest absolute Gasteiger partial charge is 0.481 e. The molecule has 0 aliphatic carbocycles. The van der Waals surface area contributed by atoms with Crippen molar-refractivity contribution in [3.8, 4) is 0 Å². The number of carboxylic acids is 1. The van der Waals surface area contributed by atoms with E-state index in [0.717, 1.165) is 27.5 Å². The predicted molar refractivity (Wildman–Crippen MR) is 113 cm³/mol. The van der Waals surface area contributed by atoms with Gasteiger partial charge in [-0.05, 0) is 42.7 Å². The minimum absolute atomic E-state index is 0.153. The third-order valence-electron chi connectivity index (χ3n) is 5.24. The van der Waals surface area contributed by atoms with Gasteiger partial charge in [0.1, 0.15) is 11.2 Å². The van der Waals surface area contributed by atoms with E-state index in [1.807, 2.05) is 66.7 Å². The van der Waals surface area contributed by atoms with Crippen LogP contribution in [-0.4, -0.2) is 22.0 Å². The van der Waals surface area contributed by atoms with Crippen LogP contribution in [0.3, 0.4) is 0 Å². The van der Waals surface area contributed by atoms with E-state index in [1.165, 1.54) is 0 Å². The number of oxime groups is 1. The number of benzene rings is 3. The number of rotatable bonds is 7. The van der Waals surface area contributed by atoms with Gasteiger partial charge < -0.3 is 14.7 Å². The lowest BCUT2D eigenvalue weighted by atomic mass is 9.91. The first-order chi connectivity index (χ1) is 14.2. The van der Waals surface area contributed by atoms with Gasteiger partial charge in [-0.25, -0.2) is 0 Å². The molecule has 0 saturated carbocycles. The zero-order chi connectivity index (χ0) is 20.2. The molecule has 0 aliphatic rings. The molecule has 5 heteroatoms. The molecule has 3 aromatic carbocycles. The van der Waals surface area contributed by atoms with Crippen molar-refractivity contribution in [1.29, 1.82) is 0 Å². The molecule has 0 radical (unpaired) electrons. The highest BCUT2D eigenvalue weighted by molar-refractivity contribution is 6.10. The van der Waals surface area contributed by atoms with E-state index in [9.17, 15) is 15.1 Å². The van der Waals surface area contributed by atoms with Crippen molar-refractivity contribution in [2.24, 2.45) is 11.1 Å². The molecule has 4 aromatic rings. The summed E-state index contributed by atoms with van der Waals surface area (Å²) >= 11 is 0. The third-order valence-corrected chi connectivity index (χ3v) is 5.24. The van der Waals surface area contributed by atoms with Crippen LogP contribution in [0.5, 0.6) is 0 Å². The average Bonchev–Trinajstić information content (AvgIpc) is 3.12. The van der Waals surface area contributed by atoms with Crippen molar-refractivity contribution in [1.82, 2.24) is 0 Å². The first-order valence-corrected chi connectivity index (χ1v) is 9.55. The Kier molecular flexibility index (Phi) is 5.29. The first-order valence-electron chi connectivity index (χ1n) is 9.55. The second-order valence-corrected chi connectivity index (χ2v) is 7.12. The second kappa shape index (κ2) is 8.19. The minimum Gasteiger partial charge on any atom is -0.481 e. The van der Waals surface area contributed by atoms with Gasteiger partial charge in [-0.15, -0.1) is 0 Å². The van der Waals surface area contributed by atoms with Crippen molar-refractivity contribution in [2.45, 2.75) is 19.3 Å². The van der Waals surface area contributed by atoms with Gasteiger partial charge in [-0.2, -0.15) is 0 Å². The first kappa shape index (κ1) is 18.7. The zero-order valence-electron chi connectivity index (χ0n) is 15.8. The van der Waals surface area contributed by atoms with Crippen LogP contribution in [0.2, 0.25) is 0 Å². The molecule has 146 valence electrons. The van der Waals surface area contributed by atoms with E-state index in [2.05, 4.69) is 5.16 Å². The van der Waals surface area contributed by atoms with E-state index in [4.69, 9.17) is 4.42 Å². The van der Waals surface area contributed by atoms with E-state index >= 15 is 0 Å². The molecule has 0 fully saturated rings. The van der Waals surface area contributed by atoms with Gasteiger partial charge in [0.15, 0.2) is 0 Å². The van der Waals surface area contributed by atoms with Crippen molar-refractivity contribution in [3.05, 3.63) is 83.9 Å². The SMILES string of the molecule is O=C(O)C(CCc1ccccc1)C/C(=N\O)c1ccc2oc3ccccc3c2c1. The molecular weight excluding hydrogens is 366 g/mol. The minimum atomic E-state index is -0.892. The van der Waals surface area contributed by atoms with Crippen molar-refractivity contribution < 1.29 is 19.5 Å². The fourth-order valence-electron chi connectivity index (χ4n) is 3.65. The summed E-state index contributed by atoms with van der Waals surface area (Å²) in [6, 6.07) is 23.0. The van der Waals surface area contributed by atoms with Crippen molar-refractivity contribution in [2.75, 3.05) is 0 Å². The zero-order valence-corrected chi connectivity index (χ0v) is 15.8. The Morgan fingerprint density at radius 2 is 1.66 bits per heavy atom. The van der Waals surface area contributed by atoms with Crippen LogP contribution in [0.4, 0.5) is 0 Å². The number of para-hydroxylation sites is 1. The highest BCUT2D eigenvalue weighted by Crippen LogP contribution is 2.30. The molecule has 1 atom stereocenters. The normalized spacial score (nSPS) is 13.0. The Morgan fingerprint density at radius 1 is 0.931 bits per heavy atom. The maximum absolute atomic E-state index is 11.8. The van der Waals surface area contributed by atoms with Crippen LogP contribution in [0, 0.1) is 5.92 Å². The lowest BCUT2D eigenvalue weighted by Gasteiger charge is -2.13. The summed E-state index contributed by atoms with van der Waals surface area (Å²) in [5.74, 6) is -1.53. The molecule has 29 heavy (non-hydrogen) atoms. The highest BCUT2D eigenvalue weighted by atomic mass is 16.4. The van der Waals surface area contributed by atoms with Gasteiger partial charge in [0.05, 0.1) is 11.6 Å². The summed E-state index contributed by atoms with van der Waals surface area (Å²) in [5.41, 5.74) is 3.67. The lowest BCUT2D eigenvalue weighted by molar-refractivity contribution is -0.141. The third kappa shape index (κ3) is 3.99. The van der Waals surface area contributed by atoms with Crippen LogP contribution in [0.15, 0.2) is 82.4 Å². The second-order valence-electron chi connectivity index (χ2n) is 7.12. The monoisotopic (exact) mass is 387 g/mol. The molecule has 0 aliphatic heterocycles. The van der Waals surface area contributed by atoms with Crippen molar-refractivity contribution in [3.63, 3.8) is 0 Å². The molecule has 0 bridgehead atoms. The number of hydrogen-bond donors (Lipinski definition) is 2. The topological polar surface area (TPSA) is 83.0 Å². The molecular formula is C24H21NO4. The molecule has 1 aromatic heterocycles. The number of aryl methyl sites for hydroxylation is 1. The Hall–Kier alpha value is -3.60. The molecule has 2 N–H and O–H groups in total. The van der Waals surface area contributed by atoms with E-state index in [0.29, 0.717) is 24.1 Å². The van der Waals surface area contributed by atoms with E-state index in [1.54, 1.807) is 6.07 Å². The van der Waals surface area contributed by atoms with E-state index in [-0.39, 0.29) is 6.42 Å². The number of fused-ring (bicyclic) bond motifs is 3. The fraction of sp³-hybridized carbons (Fsp3) is 0.167. The number of carbonyl (C=O) groups is 1. The Labute approximate surface area is 167 Å². The van der Waals surface area contributed by atoms with Gasteiger partial charge in [0, 0.05) is 22.8 Å². The highest BCUT2D eigenvalue weighted by Gasteiger charge is 2.22. The fourth-order valence-corrected chi connectivity index (χ4v) is 3.65. The molecule has 0 spiro atoms. The Balaban J connectivity index is 1.58. The summed E-state index contributed by atoms with van der Waals surface area (Å²) in [6.45, 7) is 0. The van der Waals surface area contributed by atoms with Gasteiger partial charge in [0.25, 0.3) is 0 Å². The van der Waals surface area contributed by atoms with Gasteiger partial charge in [-0.1, -0.05) is 53.7 Å². The Morgan fingerprint density at radius 3 is 2.41 bits per heavy atom. The quantitative estimate of drug-likeness (QED) is 0.250. The van der Waals surface area contributed by atoms with Crippen LogP contribution in [-0.2, 0) is 11.2 Å². The molecule has 5 nitrogen and oxygen atoms in total. The summed E-state index contributed by atoms with van der Waals surface area (Å²) in [6.07, 6.45) is 1.27. The predicted octanol–water partition coefficient (Wildman–Crippen LogP) is 5.49. The maximum Gasteiger partial charge on any atom is 0.306 e.